The maximum atomic E-state index is 10.6. The predicted molar refractivity (Wildman–Crippen MR) is 62.2 cm³/mol. The molecule has 6 heteroatoms. The molecule has 1 aromatic rings. The Morgan fingerprint density at radius 1 is 1.27 bits per heavy atom. The summed E-state index contributed by atoms with van der Waals surface area (Å²) in [6.07, 6.45) is 0. The first-order valence-electron chi connectivity index (χ1n) is 4.05. The van der Waals surface area contributed by atoms with Crippen molar-refractivity contribution >= 4 is 46.5 Å². The van der Waals surface area contributed by atoms with E-state index in [4.69, 9.17) is 39.9 Å². The van der Waals surface area contributed by atoms with Crippen molar-refractivity contribution in [2.75, 3.05) is 5.32 Å². The third-order valence-electron chi connectivity index (χ3n) is 1.75. The Morgan fingerprint density at radius 2 is 1.80 bits per heavy atom. The monoisotopic (exact) mass is 267 g/mol. The van der Waals surface area contributed by atoms with E-state index in [1.165, 1.54) is 19.1 Å². The van der Waals surface area contributed by atoms with E-state index in [-0.39, 0.29) is 0 Å². The van der Waals surface area contributed by atoms with Crippen LogP contribution < -0.4 is 5.32 Å². The molecular formula is C9H8Cl3NO2. The highest BCUT2D eigenvalue weighted by Gasteiger charge is 2.13. The lowest BCUT2D eigenvalue weighted by Gasteiger charge is -2.12. The molecule has 0 saturated carbocycles. The average molecular weight is 269 g/mol. The number of carboxylic acids is 1. The highest BCUT2D eigenvalue weighted by Crippen LogP contribution is 2.32. The lowest BCUT2D eigenvalue weighted by molar-refractivity contribution is -0.137. The number of carboxylic acid groups (broad SMARTS) is 1. The smallest absolute Gasteiger partial charge is 0.325 e. The summed E-state index contributed by atoms with van der Waals surface area (Å²) in [5, 5.41) is 12.4. The molecule has 0 amide bonds. The van der Waals surface area contributed by atoms with Crippen molar-refractivity contribution in [3.05, 3.63) is 27.2 Å². The zero-order valence-electron chi connectivity index (χ0n) is 7.72. The van der Waals surface area contributed by atoms with Crippen molar-refractivity contribution in [1.82, 2.24) is 0 Å². The van der Waals surface area contributed by atoms with E-state index in [0.717, 1.165) is 0 Å². The fourth-order valence-electron chi connectivity index (χ4n) is 0.928. The van der Waals surface area contributed by atoms with E-state index in [2.05, 4.69) is 5.32 Å². The second-order valence-electron chi connectivity index (χ2n) is 2.95. The van der Waals surface area contributed by atoms with E-state index in [0.29, 0.717) is 20.8 Å². The summed E-state index contributed by atoms with van der Waals surface area (Å²) < 4.78 is 0. The van der Waals surface area contributed by atoms with Crippen LogP contribution in [0.4, 0.5) is 5.69 Å². The van der Waals surface area contributed by atoms with Crippen LogP contribution in [0.1, 0.15) is 6.92 Å². The summed E-state index contributed by atoms with van der Waals surface area (Å²) in [6, 6.07) is 2.20. The fraction of sp³-hybridized carbons (Fsp3) is 0.222. The molecule has 2 N–H and O–H groups in total. The van der Waals surface area contributed by atoms with Crippen LogP contribution >= 0.6 is 34.8 Å². The Labute approximate surface area is 102 Å². The van der Waals surface area contributed by atoms with Crippen molar-refractivity contribution in [3.63, 3.8) is 0 Å². The van der Waals surface area contributed by atoms with E-state index < -0.39 is 12.0 Å². The molecule has 0 fully saturated rings. The first-order chi connectivity index (χ1) is 6.91. The topological polar surface area (TPSA) is 49.3 Å². The van der Waals surface area contributed by atoms with Gasteiger partial charge in [-0.15, -0.1) is 0 Å². The van der Waals surface area contributed by atoms with Gasteiger partial charge in [-0.25, -0.2) is 0 Å². The summed E-state index contributed by atoms with van der Waals surface area (Å²) in [7, 11) is 0. The van der Waals surface area contributed by atoms with Crippen molar-refractivity contribution in [2.45, 2.75) is 13.0 Å². The van der Waals surface area contributed by atoms with Gasteiger partial charge in [-0.05, 0) is 19.1 Å². The van der Waals surface area contributed by atoms with Gasteiger partial charge in [-0.3, -0.25) is 4.79 Å². The molecule has 0 unspecified atom stereocenters. The highest BCUT2D eigenvalue weighted by atomic mass is 35.5. The molecule has 0 bridgehead atoms. The number of benzene rings is 1. The van der Waals surface area contributed by atoms with E-state index in [1.54, 1.807) is 0 Å². The fourth-order valence-corrected chi connectivity index (χ4v) is 1.53. The maximum absolute atomic E-state index is 10.6. The van der Waals surface area contributed by atoms with Gasteiger partial charge in [0.25, 0.3) is 0 Å². The summed E-state index contributed by atoms with van der Waals surface area (Å²) in [5.74, 6) is -0.975. The van der Waals surface area contributed by atoms with Gasteiger partial charge in [0, 0.05) is 0 Å². The van der Waals surface area contributed by atoms with Crippen molar-refractivity contribution in [3.8, 4) is 0 Å². The number of carbonyl (C=O) groups is 1. The summed E-state index contributed by atoms with van der Waals surface area (Å²) in [5.41, 5.74) is 0.445. The Bertz CT molecular complexity index is 395. The highest BCUT2D eigenvalue weighted by molar-refractivity contribution is 6.44. The molecule has 0 aliphatic rings. The van der Waals surface area contributed by atoms with Crippen LogP contribution in [0.15, 0.2) is 12.1 Å². The van der Waals surface area contributed by atoms with Gasteiger partial charge in [0.2, 0.25) is 0 Å². The number of rotatable bonds is 3. The molecule has 1 rings (SSSR count). The number of nitrogens with one attached hydrogen (secondary N) is 1. The molecule has 0 saturated heterocycles. The zero-order valence-corrected chi connectivity index (χ0v) is 9.99. The number of aliphatic carboxylic acids is 1. The van der Waals surface area contributed by atoms with Gasteiger partial charge >= 0.3 is 5.97 Å². The Morgan fingerprint density at radius 3 is 2.33 bits per heavy atom. The number of anilines is 1. The molecule has 1 aromatic carbocycles. The molecule has 1 atom stereocenters. The molecule has 82 valence electrons. The van der Waals surface area contributed by atoms with Gasteiger partial charge in [0.05, 0.1) is 20.8 Å². The number of halogens is 3. The molecule has 15 heavy (non-hydrogen) atoms. The van der Waals surface area contributed by atoms with E-state index in [9.17, 15) is 4.79 Å². The quantitative estimate of drug-likeness (QED) is 0.825. The Kier molecular flexibility index (Phi) is 4.08. The minimum absolute atomic E-state index is 0.321. The van der Waals surface area contributed by atoms with Crippen LogP contribution in [0.5, 0.6) is 0 Å². The molecule has 0 aromatic heterocycles. The van der Waals surface area contributed by atoms with Gasteiger partial charge in [-0.2, -0.15) is 0 Å². The van der Waals surface area contributed by atoms with Crippen LogP contribution in [0.25, 0.3) is 0 Å². The van der Waals surface area contributed by atoms with Gasteiger partial charge < -0.3 is 10.4 Å². The van der Waals surface area contributed by atoms with Crippen molar-refractivity contribution in [2.24, 2.45) is 0 Å². The molecule has 0 heterocycles. The summed E-state index contributed by atoms with van der Waals surface area (Å²) in [4.78, 5) is 10.6. The van der Waals surface area contributed by atoms with Crippen molar-refractivity contribution in [1.29, 1.82) is 0 Å². The number of hydrogen-bond donors (Lipinski definition) is 2. The van der Waals surface area contributed by atoms with Gasteiger partial charge in [0.1, 0.15) is 6.04 Å². The lowest BCUT2D eigenvalue weighted by Crippen LogP contribution is -2.25. The molecular weight excluding hydrogens is 260 g/mol. The summed E-state index contributed by atoms with van der Waals surface area (Å²) in [6.45, 7) is 1.50. The van der Waals surface area contributed by atoms with Crippen LogP contribution in [-0.4, -0.2) is 17.1 Å². The first kappa shape index (κ1) is 12.4. The second kappa shape index (κ2) is 4.92. The molecule has 3 nitrogen and oxygen atoms in total. The minimum atomic E-state index is -0.975. The lowest BCUT2D eigenvalue weighted by atomic mass is 10.2. The minimum Gasteiger partial charge on any atom is -0.480 e. The molecule has 0 aliphatic heterocycles. The average Bonchev–Trinajstić information content (AvgIpc) is 2.13. The standard InChI is InChI=1S/C9H8Cl3NO2/c1-4(9(14)15)13-8-3-6(11)5(10)2-7(8)12/h2-4,13H,1H3,(H,14,15)/t4-/m0/s1. The van der Waals surface area contributed by atoms with Gasteiger partial charge in [0.15, 0.2) is 0 Å². The van der Waals surface area contributed by atoms with Crippen molar-refractivity contribution < 1.29 is 9.90 Å². The first-order valence-corrected chi connectivity index (χ1v) is 5.19. The normalized spacial score (nSPS) is 12.3. The molecule has 0 aliphatic carbocycles. The van der Waals surface area contributed by atoms with Crippen LogP contribution in [-0.2, 0) is 4.79 Å². The van der Waals surface area contributed by atoms with Crippen LogP contribution in [0.2, 0.25) is 15.1 Å². The van der Waals surface area contributed by atoms with E-state index in [1.807, 2.05) is 0 Å². The largest absolute Gasteiger partial charge is 0.480 e. The Balaban J connectivity index is 2.95. The predicted octanol–water partition coefficient (Wildman–Crippen LogP) is 3.53. The maximum Gasteiger partial charge on any atom is 0.325 e. The SMILES string of the molecule is C[C@H](Nc1cc(Cl)c(Cl)cc1Cl)C(=O)O. The summed E-state index contributed by atoms with van der Waals surface area (Å²) >= 11 is 17.3. The third kappa shape index (κ3) is 3.16. The second-order valence-corrected chi connectivity index (χ2v) is 4.17. The van der Waals surface area contributed by atoms with Crippen LogP contribution in [0, 0.1) is 0 Å². The number of hydrogen-bond acceptors (Lipinski definition) is 2. The Hall–Kier alpha value is -0.640. The zero-order chi connectivity index (χ0) is 11.6. The van der Waals surface area contributed by atoms with Gasteiger partial charge in [-0.1, -0.05) is 34.8 Å². The van der Waals surface area contributed by atoms with E-state index >= 15 is 0 Å². The molecule has 0 radical (unpaired) electrons. The van der Waals surface area contributed by atoms with Crippen LogP contribution in [0.3, 0.4) is 0 Å². The third-order valence-corrected chi connectivity index (χ3v) is 2.79. The molecule has 0 spiro atoms.